The highest BCUT2D eigenvalue weighted by atomic mass is 16.6. The molecule has 0 aliphatic rings. The van der Waals surface area contributed by atoms with E-state index in [9.17, 15) is 14.4 Å². The van der Waals surface area contributed by atoms with Gasteiger partial charge in [0.2, 0.25) is 5.91 Å². The Morgan fingerprint density at radius 1 is 1.25 bits per heavy atom. The predicted molar refractivity (Wildman–Crippen MR) is 74.7 cm³/mol. The molecule has 0 unspecified atom stereocenters. The van der Waals surface area contributed by atoms with Crippen LogP contribution in [0.15, 0.2) is 24.3 Å². The highest BCUT2D eigenvalue weighted by Gasteiger charge is 2.11. The lowest BCUT2D eigenvalue weighted by molar-refractivity contribution is -0.114. The lowest BCUT2D eigenvalue weighted by atomic mass is 10.1. The molecule has 1 aromatic carbocycles. The normalized spacial score (nSPS) is 10.0. The van der Waals surface area contributed by atoms with Gasteiger partial charge in [-0.25, -0.2) is 4.79 Å². The van der Waals surface area contributed by atoms with Crippen molar-refractivity contribution in [3.63, 3.8) is 0 Å². The van der Waals surface area contributed by atoms with Gasteiger partial charge in [0.15, 0.2) is 12.4 Å². The molecule has 0 spiro atoms. The summed E-state index contributed by atoms with van der Waals surface area (Å²) >= 11 is 0. The highest BCUT2D eigenvalue weighted by molar-refractivity contribution is 5.99. The molecule has 0 aromatic heterocycles. The summed E-state index contributed by atoms with van der Waals surface area (Å²) in [5.41, 5.74) is 0.892. The van der Waals surface area contributed by atoms with E-state index in [1.807, 2.05) is 0 Å². The fraction of sp³-hybridized carbons (Fsp3) is 0.357. The molecule has 0 aliphatic carbocycles. The van der Waals surface area contributed by atoms with Crippen LogP contribution in [0.5, 0.6) is 0 Å². The van der Waals surface area contributed by atoms with Crippen molar-refractivity contribution in [1.82, 2.24) is 5.32 Å². The van der Waals surface area contributed by atoms with E-state index in [-0.39, 0.29) is 24.3 Å². The lowest BCUT2D eigenvalue weighted by Crippen LogP contribution is -2.32. The molecule has 2 N–H and O–H groups in total. The summed E-state index contributed by atoms with van der Waals surface area (Å²) in [5, 5.41) is 5.10. The number of benzene rings is 1. The van der Waals surface area contributed by atoms with Crippen molar-refractivity contribution in [2.75, 3.05) is 11.9 Å². The molecule has 0 heterocycles. The number of carbonyl (C=O) groups excluding carboxylic acids is 3. The topological polar surface area (TPSA) is 84.5 Å². The first-order valence-corrected chi connectivity index (χ1v) is 6.22. The first-order valence-electron chi connectivity index (χ1n) is 6.22. The zero-order chi connectivity index (χ0) is 15.1. The van der Waals surface area contributed by atoms with Gasteiger partial charge in [0.1, 0.15) is 0 Å². The monoisotopic (exact) mass is 278 g/mol. The van der Waals surface area contributed by atoms with E-state index >= 15 is 0 Å². The van der Waals surface area contributed by atoms with Crippen LogP contribution in [0.4, 0.5) is 10.5 Å². The molecule has 1 aromatic rings. The first kappa shape index (κ1) is 15.7. The summed E-state index contributed by atoms with van der Waals surface area (Å²) in [6.45, 7) is 4.62. The largest absolute Gasteiger partial charge is 0.441 e. The van der Waals surface area contributed by atoms with Crippen LogP contribution in [0, 0.1) is 0 Å². The van der Waals surface area contributed by atoms with Crippen LogP contribution in [-0.4, -0.2) is 30.4 Å². The summed E-state index contributed by atoms with van der Waals surface area (Å²) in [7, 11) is 0. The van der Waals surface area contributed by atoms with Crippen molar-refractivity contribution in [1.29, 1.82) is 0 Å². The van der Waals surface area contributed by atoms with Gasteiger partial charge in [0.05, 0.1) is 0 Å². The van der Waals surface area contributed by atoms with Gasteiger partial charge < -0.3 is 15.4 Å². The maximum absolute atomic E-state index is 11.9. The number of amides is 2. The lowest BCUT2D eigenvalue weighted by Gasteiger charge is -2.09. The second-order valence-electron chi connectivity index (χ2n) is 4.56. The van der Waals surface area contributed by atoms with Crippen LogP contribution in [-0.2, 0) is 9.53 Å². The quantitative estimate of drug-likeness (QED) is 0.806. The van der Waals surface area contributed by atoms with E-state index in [4.69, 9.17) is 4.74 Å². The highest BCUT2D eigenvalue weighted by Crippen LogP contribution is 2.11. The van der Waals surface area contributed by atoms with Gasteiger partial charge in [-0.3, -0.25) is 9.59 Å². The third-order valence-corrected chi connectivity index (χ3v) is 2.25. The predicted octanol–water partition coefficient (Wildman–Crippen LogP) is 1.96. The number of hydrogen-bond acceptors (Lipinski definition) is 4. The standard InChI is InChI=1S/C14H18N2O4/c1-9(2)15-14(19)20-8-13(18)11-5-4-6-12(7-11)16-10(3)17/h4-7,9H,8H2,1-3H3,(H,15,19)(H,16,17). The molecule has 0 aliphatic heterocycles. The number of anilines is 1. The number of rotatable bonds is 5. The molecule has 2 amide bonds. The molecule has 0 fully saturated rings. The van der Waals surface area contributed by atoms with Gasteiger partial charge in [-0.2, -0.15) is 0 Å². The molecule has 6 nitrogen and oxygen atoms in total. The number of Topliss-reactive ketones (excluding diaryl/α,β-unsaturated/α-hetero) is 1. The van der Waals surface area contributed by atoms with E-state index in [0.29, 0.717) is 11.3 Å². The number of carbonyl (C=O) groups is 3. The van der Waals surface area contributed by atoms with Crippen molar-refractivity contribution < 1.29 is 19.1 Å². The fourth-order valence-corrected chi connectivity index (χ4v) is 1.47. The Morgan fingerprint density at radius 2 is 1.95 bits per heavy atom. The number of ether oxygens (including phenoxy) is 1. The molecule has 0 bridgehead atoms. The molecule has 1 rings (SSSR count). The average Bonchev–Trinajstić information content (AvgIpc) is 2.34. The molecule has 6 heteroatoms. The molecule has 0 atom stereocenters. The molecular formula is C14H18N2O4. The van der Waals surface area contributed by atoms with Crippen LogP contribution in [0.1, 0.15) is 31.1 Å². The zero-order valence-corrected chi connectivity index (χ0v) is 11.7. The van der Waals surface area contributed by atoms with Crippen LogP contribution < -0.4 is 10.6 Å². The number of ketones is 1. The summed E-state index contributed by atoms with van der Waals surface area (Å²) in [4.78, 5) is 34.1. The molecule has 0 saturated carbocycles. The summed E-state index contributed by atoms with van der Waals surface area (Å²) in [6.07, 6.45) is -0.633. The van der Waals surface area contributed by atoms with Crippen LogP contribution in [0.3, 0.4) is 0 Å². The third-order valence-electron chi connectivity index (χ3n) is 2.25. The van der Waals surface area contributed by atoms with Crippen molar-refractivity contribution in [2.24, 2.45) is 0 Å². The maximum Gasteiger partial charge on any atom is 0.407 e. The Morgan fingerprint density at radius 3 is 2.55 bits per heavy atom. The number of alkyl carbamates (subject to hydrolysis) is 1. The first-order chi connectivity index (χ1) is 9.38. The second-order valence-corrected chi connectivity index (χ2v) is 4.56. The minimum Gasteiger partial charge on any atom is -0.441 e. The average molecular weight is 278 g/mol. The van der Waals surface area contributed by atoms with Gasteiger partial charge in [0, 0.05) is 24.2 Å². The van der Waals surface area contributed by atoms with E-state index in [0.717, 1.165) is 0 Å². The van der Waals surface area contributed by atoms with Crippen molar-refractivity contribution in [2.45, 2.75) is 26.8 Å². The van der Waals surface area contributed by atoms with Crippen LogP contribution in [0.25, 0.3) is 0 Å². The fourth-order valence-electron chi connectivity index (χ4n) is 1.47. The van der Waals surface area contributed by atoms with E-state index in [1.54, 1.807) is 32.0 Å². The molecule has 108 valence electrons. The van der Waals surface area contributed by atoms with Gasteiger partial charge in [-0.05, 0) is 26.0 Å². The van der Waals surface area contributed by atoms with Gasteiger partial charge >= 0.3 is 6.09 Å². The van der Waals surface area contributed by atoms with Gasteiger partial charge in [-0.1, -0.05) is 12.1 Å². The number of hydrogen-bond donors (Lipinski definition) is 2. The SMILES string of the molecule is CC(=O)Nc1cccc(C(=O)COC(=O)NC(C)C)c1. The second kappa shape index (κ2) is 7.28. The Kier molecular flexibility index (Phi) is 5.71. The Bertz CT molecular complexity index is 512. The summed E-state index contributed by atoms with van der Waals surface area (Å²) in [5.74, 6) is -0.557. The Balaban J connectivity index is 2.59. The minimum absolute atomic E-state index is 0.0549. The van der Waals surface area contributed by atoms with E-state index in [2.05, 4.69) is 10.6 Å². The van der Waals surface area contributed by atoms with Crippen LogP contribution in [0.2, 0.25) is 0 Å². The van der Waals surface area contributed by atoms with E-state index in [1.165, 1.54) is 13.0 Å². The smallest absolute Gasteiger partial charge is 0.407 e. The van der Waals surface area contributed by atoms with E-state index < -0.39 is 6.09 Å². The number of nitrogens with one attached hydrogen (secondary N) is 2. The Labute approximate surface area is 117 Å². The molecule has 20 heavy (non-hydrogen) atoms. The summed E-state index contributed by atoms with van der Waals surface area (Å²) in [6, 6.07) is 6.39. The molecular weight excluding hydrogens is 260 g/mol. The molecule has 0 saturated heterocycles. The maximum atomic E-state index is 11.9. The van der Waals surface area contributed by atoms with Crippen LogP contribution >= 0.6 is 0 Å². The van der Waals surface area contributed by atoms with Crippen molar-refractivity contribution in [3.05, 3.63) is 29.8 Å². The summed E-state index contributed by atoms with van der Waals surface area (Å²) < 4.78 is 4.80. The van der Waals surface area contributed by atoms with Crippen molar-refractivity contribution in [3.8, 4) is 0 Å². The molecule has 0 radical (unpaired) electrons. The van der Waals surface area contributed by atoms with Gasteiger partial charge in [-0.15, -0.1) is 0 Å². The van der Waals surface area contributed by atoms with Gasteiger partial charge in [0.25, 0.3) is 0 Å². The Hall–Kier alpha value is -2.37. The zero-order valence-electron chi connectivity index (χ0n) is 11.7. The van der Waals surface area contributed by atoms with Crippen molar-refractivity contribution >= 4 is 23.5 Å². The third kappa shape index (κ3) is 5.51. The minimum atomic E-state index is -0.633.